The molecule has 1 fully saturated rings. The lowest BCUT2D eigenvalue weighted by Gasteiger charge is -2.13. The molecule has 1 saturated heterocycles. The van der Waals surface area contributed by atoms with E-state index < -0.39 is 0 Å². The Kier molecular flexibility index (Phi) is 5.03. The molecule has 0 radical (unpaired) electrons. The summed E-state index contributed by atoms with van der Waals surface area (Å²) < 4.78 is 16.2. The van der Waals surface area contributed by atoms with Gasteiger partial charge in [-0.25, -0.2) is 0 Å². The highest BCUT2D eigenvalue weighted by Gasteiger charge is 2.26. The SMILES string of the molecule is COc1cc(/C=N/N2C(=O)CSC2=S)cc(OC)c1OC. The van der Waals surface area contributed by atoms with Crippen molar-refractivity contribution >= 4 is 40.4 Å². The smallest absolute Gasteiger partial charge is 0.259 e. The molecule has 0 bridgehead atoms. The molecular formula is C13H14N2O4S2. The highest BCUT2D eigenvalue weighted by atomic mass is 32.2. The zero-order valence-electron chi connectivity index (χ0n) is 11.8. The predicted octanol–water partition coefficient (Wildman–Crippen LogP) is 1.91. The fraction of sp³-hybridized carbons (Fsp3) is 0.308. The van der Waals surface area contributed by atoms with E-state index in [-0.39, 0.29) is 5.91 Å². The van der Waals surface area contributed by atoms with Gasteiger partial charge in [-0.3, -0.25) is 4.79 Å². The molecule has 6 nitrogen and oxygen atoms in total. The molecule has 1 aromatic carbocycles. The number of rotatable bonds is 5. The van der Waals surface area contributed by atoms with Gasteiger partial charge in [0.1, 0.15) is 0 Å². The Bertz CT molecular complexity index is 563. The van der Waals surface area contributed by atoms with Crippen molar-refractivity contribution in [2.75, 3.05) is 27.1 Å². The monoisotopic (exact) mass is 326 g/mol. The maximum Gasteiger partial charge on any atom is 0.259 e. The number of carbonyl (C=O) groups excluding carboxylic acids is 1. The summed E-state index contributed by atoms with van der Waals surface area (Å²) in [6.45, 7) is 0. The molecule has 1 heterocycles. The maximum atomic E-state index is 11.6. The van der Waals surface area contributed by atoms with Crippen molar-refractivity contribution in [3.8, 4) is 17.2 Å². The molecule has 8 heteroatoms. The second-order valence-corrected chi connectivity index (χ2v) is 5.57. The van der Waals surface area contributed by atoms with Crippen molar-refractivity contribution in [3.05, 3.63) is 17.7 Å². The number of ether oxygens (including phenoxy) is 3. The molecule has 21 heavy (non-hydrogen) atoms. The van der Waals surface area contributed by atoms with Gasteiger partial charge in [0.25, 0.3) is 5.91 Å². The Morgan fingerprint density at radius 2 is 1.86 bits per heavy atom. The minimum Gasteiger partial charge on any atom is -0.493 e. The third-order valence-corrected chi connectivity index (χ3v) is 4.08. The molecule has 0 N–H and O–H groups in total. The highest BCUT2D eigenvalue weighted by Crippen LogP contribution is 2.37. The first-order valence-electron chi connectivity index (χ1n) is 5.94. The second-order valence-electron chi connectivity index (χ2n) is 3.96. The maximum absolute atomic E-state index is 11.6. The zero-order valence-corrected chi connectivity index (χ0v) is 13.4. The molecule has 0 saturated carbocycles. The van der Waals surface area contributed by atoms with Crippen molar-refractivity contribution < 1.29 is 19.0 Å². The van der Waals surface area contributed by atoms with Crippen molar-refractivity contribution in [2.45, 2.75) is 0 Å². The van der Waals surface area contributed by atoms with Crippen molar-refractivity contribution in [2.24, 2.45) is 5.10 Å². The van der Waals surface area contributed by atoms with Crippen LogP contribution in [-0.4, -0.2) is 48.5 Å². The van der Waals surface area contributed by atoms with Crippen LogP contribution in [0.15, 0.2) is 17.2 Å². The number of hydrogen-bond acceptors (Lipinski definition) is 7. The van der Waals surface area contributed by atoms with E-state index >= 15 is 0 Å². The number of hydrazone groups is 1. The minimum atomic E-state index is -0.131. The van der Waals surface area contributed by atoms with E-state index in [2.05, 4.69) is 5.10 Å². The number of carbonyl (C=O) groups is 1. The Hall–Kier alpha value is -1.80. The van der Waals surface area contributed by atoms with Gasteiger partial charge in [0.05, 0.1) is 33.3 Å². The Labute approximate surface area is 132 Å². The summed E-state index contributed by atoms with van der Waals surface area (Å²) in [5, 5.41) is 5.32. The summed E-state index contributed by atoms with van der Waals surface area (Å²) in [7, 11) is 4.61. The number of hydrogen-bond donors (Lipinski definition) is 0. The second kappa shape index (κ2) is 6.77. The summed E-state index contributed by atoms with van der Waals surface area (Å²) in [4.78, 5) is 11.6. The van der Waals surface area contributed by atoms with Crippen molar-refractivity contribution in [1.29, 1.82) is 0 Å². The average Bonchev–Trinajstić information content (AvgIpc) is 2.82. The molecule has 0 atom stereocenters. The van der Waals surface area contributed by atoms with E-state index in [1.807, 2.05) is 0 Å². The number of amides is 1. The summed E-state index contributed by atoms with van der Waals surface area (Å²) in [5.74, 6) is 1.73. The van der Waals surface area contributed by atoms with Gasteiger partial charge >= 0.3 is 0 Å². The van der Waals surface area contributed by atoms with E-state index in [4.69, 9.17) is 26.4 Å². The van der Waals surface area contributed by atoms with Crippen LogP contribution in [0.2, 0.25) is 0 Å². The average molecular weight is 326 g/mol. The number of thioether (sulfide) groups is 1. The van der Waals surface area contributed by atoms with Gasteiger partial charge < -0.3 is 14.2 Å². The van der Waals surface area contributed by atoms with Crippen LogP contribution in [-0.2, 0) is 4.79 Å². The third kappa shape index (κ3) is 3.27. The van der Waals surface area contributed by atoms with Crippen LogP contribution in [0.5, 0.6) is 17.2 Å². The summed E-state index contributed by atoms with van der Waals surface area (Å²) in [5.41, 5.74) is 0.706. The molecular weight excluding hydrogens is 312 g/mol. The van der Waals surface area contributed by atoms with Crippen LogP contribution in [0, 0.1) is 0 Å². The molecule has 0 unspecified atom stereocenters. The van der Waals surface area contributed by atoms with Crippen LogP contribution in [0.4, 0.5) is 0 Å². The van der Waals surface area contributed by atoms with Crippen LogP contribution in [0.3, 0.4) is 0 Å². The van der Waals surface area contributed by atoms with E-state index in [1.54, 1.807) is 12.1 Å². The quantitative estimate of drug-likeness (QED) is 0.608. The molecule has 112 valence electrons. The Balaban J connectivity index is 2.32. The van der Waals surface area contributed by atoms with Crippen molar-refractivity contribution in [3.63, 3.8) is 0 Å². The third-order valence-electron chi connectivity index (χ3n) is 2.74. The molecule has 1 aliphatic heterocycles. The largest absolute Gasteiger partial charge is 0.493 e. The zero-order chi connectivity index (χ0) is 15.4. The normalized spacial score (nSPS) is 14.9. The predicted molar refractivity (Wildman–Crippen MR) is 85.6 cm³/mol. The summed E-state index contributed by atoms with van der Waals surface area (Å²) in [6, 6.07) is 3.48. The van der Waals surface area contributed by atoms with Gasteiger partial charge in [-0.15, -0.1) is 0 Å². The molecule has 0 spiro atoms. The van der Waals surface area contributed by atoms with Crippen LogP contribution in [0.1, 0.15) is 5.56 Å². The first-order valence-corrected chi connectivity index (χ1v) is 7.33. The number of thiocarbonyl (C=S) groups is 1. The standard InChI is InChI=1S/C13H14N2O4S2/c1-17-9-4-8(5-10(18-2)12(9)19-3)6-14-15-11(16)7-21-13(15)20/h4-6H,7H2,1-3H3/b14-6+. The Morgan fingerprint density at radius 3 is 2.29 bits per heavy atom. The lowest BCUT2D eigenvalue weighted by atomic mass is 10.2. The summed E-state index contributed by atoms with van der Waals surface area (Å²) >= 11 is 6.35. The van der Waals surface area contributed by atoms with E-state index in [0.717, 1.165) is 0 Å². The van der Waals surface area contributed by atoms with Crippen molar-refractivity contribution in [1.82, 2.24) is 5.01 Å². The first-order chi connectivity index (χ1) is 10.1. The fourth-order valence-electron chi connectivity index (χ4n) is 1.76. The fourth-order valence-corrected chi connectivity index (χ4v) is 2.73. The van der Waals surface area contributed by atoms with Gasteiger partial charge in [0.15, 0.2) is 15.8 Å². The topological polar surface area (TPSA) is 60.4 Å². The molecule has 1 aromatic rings. The Morgan fingerprint density at radius 1 is 1.24 bits per heavy atom. The summed E-state index contributed by atoms with van der Waals surface area (Å²) in [6.07, 6.45) is 1.53. The van der Waals surface area contributed by atoms with Gasteiger partial charge in [-0.05, 0) is 12.1 Å². The van der Waals surface area contributed by atoms with Gasteiger partial charge in [-0.1, -0.05) is 24.0 Å². The lowest BCUT2D eigenvalue weighted by Crippen LogP contribution is -2.22. The van der Waals surface area contributed by atoms with Gasteiger partial charge in [-0.2, -0.15) is 10.1 Å². The first kappa shape index (κ1) is 15.6. The molecule has 1 aliphatic rings. The minimum absolute atomic E-state index is 0.131. The highest BCUT2D eigenvalue weighted by molar-refractivity contribution is 8.23. The number of benzene rings is 1. The molecule has 0 aliphatic carbocycles. The van der Waals surface area contributed by atoms with E-state index in [9.17, 15) is 4.79 Å². The number of methoxy groups -OCH3 is 3. The van der Waals surface area contributed by atoms with Crippen LogP contribution in [0.25, 0.3) is 0 Å². The van der Waals surface area contributed by atoms with E-state index in [0.29, 0.717) is 32.9 Å². The lowest BCUT2D eigenvalue weighted by molar-refractivity contribution is -0.123. The molecule has 2 rings (SSSR count). The van der Waals surface area contributed by atoms with Gasteiger partial charge in [0.2, 0.25) is 5.75 Å². The van der Waals surface area contributed by atoms with E-state index in [1.165, 1.54) is 44.3 Å². The number of nitrogens with zero attached hydrogens (tertiary/aromatic N) is 2. The molecule has 0 aromatic heterocycles. The molecule has 1 amide bonds. The van der Waals surface area contributed by atoms with Crippen LogP contribution < -0.4 is 14.2 Å². The van der Waals surface area contributed by atoms with Gasteiger partial charge in [0, 0.05) is 5.56 Å². The van der Waals surface area contributed by atoms with Crippen LogP contribution >= 0.6 is 24.0 Å².